The maximum absolute atomic E-state index is 11.7. The quantitative estimate of drug-likeness (QED) is 0.895. The normalized spacial score (nSPS) is 13.1. The summed E-state index contributed by atoms with van der Waals surface area (Å²) in [5, 5.41) is 1.86. The fourth-order valence-electron chi connectivity index (χ4n) is 1.31. The van der Waals surface area contributed by atoms with E-state index in [0.717, 1.165) is 22.2 Å². The minimum absolute atomic E-state index is 0.0114. The minimum Gasteiger partial charge on any atom is -0.327 e. The summed E-state index contributed by atoms with van der Waals surface area (Å²) < 4.78 is 1.56. The van der Waals surface area contributed by atoms with Crippen LogP contribution in [0.1, 0.15) is 12.6 Å². The van der Waals surface area contributed by atoms with Gasteiger partial charge in [-0.15, -0.1) is 11.3 Å². The van der Waals surface area contributed by atoms with Crippen LogP contribution in [0.4, 0.5) is 0 Å². The van der Waals surface area contributed by atoms with E-state index in [9.17, 15) is 4.79 Å². The first-order valence-corrected chi connectivity index (χ1v) is 6.99. The van der Waals surface area contributed by atoms with E-state index in [1.165, 1.54) is 11.3 Å². The Kier molecular flexibility index (Phi) is 3.63. The first-order valence-electron chi connectivity index (χ1n) is 4.96. The van der Waals surface area contributed by atoms with Crippen LogP contribution in [0.5, 0.6) is 0 Å². The van der Waals surface area contributed by atoms with Crippen LogP contribution in [-0.4, -0.2) is 21.2 Å². The van der Waals surface area contributed by atoms with Gasteiger partial charge >= 0.3 is 0 Å². The van der Waals surface area contributed by atoms with Crippen LogP contribution in [0.25, 0.3) is 4.96 Å². The maximum atomic E-state index is 11.7. The second-order valence-electron chi connectivity index (χ2n) is 3.63. The fraction of sp³-hybridized carbons (Fsp3) is 0.400. The highest BCUT2D eigenvalue weighted by Crippen LogP contribution is 2.12. The van der Waals surface area contributed by atoms with Crippen molar-refractivity contribution >= 4 is 28.1 Å². The molecule has 0 amide bonds. The van der Waals surface area contributed by atoms with Gasteiger partial charge in [-0.2, -0.15) is 11.8 Å². The van der Waals surface area contributed by atoms with Gasteiger partial charge in [-0.1, -0.05) is 0 Å². The molecular formula is C10H13N3OS2. The van der Waals surface area contributed by atoms with Gasteiger partial charge in [-0.25, -0.2) is 4.98 Å². The van der Waals surface area contributed by atoms with Crippen molar-refractivity contribution in [2.45, 2.75) is 18.7 Å². The lowest BCUT2D eigenvalue weighted by atomic mass is 10.4. The van der Waals surface area contributed by atoms with E-state index in [-0.39, 0.29) is 11.6 Å². The van der Waals surface area contributed by atoms with Gasteiger partial charge in [0, 0.05) is 35.2 Å². The topological polar surface area (TPSA) is 60.4 Å². The van der Waals surface area contributed by atoms with Crippen molar-refractivity contribution in [1.82, 2.24) is 9.38 Å². The molecule has 2 aromatic rings. The van der Waals surface area contributed by atoms with Crippen LogP contribution < -0.4 is 11.3 Å². The molecule has 2 heterocycles. The summed E-state index contributed by atoms with van der Waals surface area (Å²) >= 11 is 3.18. The highest BCUT2D eigenvalue weighted by molar-refractivity contribution is 7.98. The van der Waals surface area contributed by atoms with Crippen molar-refractivity contribution in [3.63, 3.8) is 0 Å². The maximum Gasteiger partial charge on any atom is 0.258 e. The first kappa shape index (κ1) is 11.6. The monoisotopic (exact) mass is 255 g/mol. The summed E-state index contributed by atoms with van der Waals surface area (Å²) in [6.07, 6.45) is 1.74. The lowest BCUT2D eigenvalue weighted by Crippen LogP contribution is -2.18. The van der Waals surface area contributed by atoms with Crippen LogP contribution in [0.2, 0.25) is 0 Å². The Hall–Kier alpha value is -0.850. The van der Waals surface area contributed by atoms with Crippen LogP contribution in [0.3, 0.4) is 0 Å². The minimum atomic E-state index is -0.0114. The highest BCUT2D eigenvalue weighted by atomic mass is 32.2. The molecule has 0 bridgehead atoms. The standard InChI is InChI=1S/C10H13N3OS2/c1-7(11)5-15-6-8-4-9(14)13-2-3-16-10(13)12-8/h2-4,7H,5-6,11H2,1H3. The second kappa shape index (κ2) is 4.99. The number of fused-ring (bicyclic) bond motifs is 1. The fourth-order valence-corrected chi connectivity index (χ4v) is 2.90. The molecule has 6 heteroatoms. The van der Waals surface area contributed by atoms with Crippen LogP contribution >= 0.6 is 23.1 Å². The summed E-state index contributed by atoms with van der Waals surface area (Å²) in [5.74, 6) is 1.62. The van der Waals surface area contributed by atoms with Gasteiger partial charge in [-0.3, -0.25) is 9.20 Å². The summed E-state index contributed by atoms with van der Waals surface area (Å²) in [6.45, 7) is 1.97. The van der Waals surface area contributed by atoms with Gasteiger partial charge < -0.3 is 5.73 Å². The third-order valence-corrected chi connectivity index (χ3v) is 4.00. The van der Waals surface area contributed by atoms with E-state index < -0.39 is 0 Å². The number of nitrogens with zero attached hydrogens (tertiary/aromatic N) is 2. The van der Waals surface area contributed by atoms with E-state index >= 15 is 0 Å². The molecule has 86 valence electrons. The van der Waals surface area contributed by atoms with Gasteiger partial charge in [0.1, 0.15) is 0 Å². The first-order chi connectivity index (χ1) is 7.66. The van der Waals surface area contributed by atoms with Gasteiger partial charge in [0.25, 0.3) is 5.56 Å². The van der Waals surface area contributed by atoms with Crippen molar-refractivity contribution in [2.75, 3.05) is 5.75 Å². The van der Waals surface area contributed by atoms with Crippen molar-refractivity contribution in [3.05, 3.63) is 33.7 Å². The zero-order valence-corrected chi connectivity index (χ0v) is 10.6. The third-order valence-electron chi connectivity index (χ3n) is 1.99. The molecule has 2 N–H and O–H groups in total. The smallest absolute Gasteiger partial charge is 0.258 e. The average Bonchev–Trinajstić information content (AvgIpc) is 2.65. The van der Waals surface area contributed by atoms with Crippen molar-refractivity contribution in [2.24, 2.45) is 5.73 Å². The van der Waals surface area contributed by atoms with Gasteiger partial charge in [0.2, 0.25) is 0 Å². The Morgan fingerprint density at radius 3 is 3.25 bits per heavy atom. The zero-order chi connectivity index (χ0) is 11.5. The Balaban J connectivity index is 2.16. The second-order valence-corrected chi connectivity index (χ2v) is 5.54. The van der Waals surface area contributed by atoms with E-state index in [1.807, 2.05) is 12.3 Å². The Labute approximate surface area is 102 Å². The van der Waals surface area contributed by atoms with Crippen molar-refractivity contribution in [1.29, 1.82) is 0 Å². The summed E-state index contributed by atoms with van der Waals surface area (Å²) in [6, 6.07) is 1.77. The van der Waals surface area contributed by atoms with Crippen LogP contribution in [0, 0.1) is 0 Å². The lowest BCUT2D eigenvalue weighted by Gasteiger charge is -2.04. The van der Waals surface area contributed by atoms with Gasteiger partial charge in [0.05, 0.1) is 5.69 Å². The number of aromatic nitrogens is 2. The highest BCUT2D eigenvalue weighted by Gasteiger charge is 2.03. The zero-order valence-electron chi connectivity index (χ0n) is 8.92. The molecule has 0 saturated carbocycles. The van der Waals surface area contributed by atoms with E-state index in [4.69, 9.17) is 5.73 Å². The number of hydrogen-bond acceptors (Lipinski definition) is 5. The Bertz CT molecular complexity index is 532. The van der Waals surface area contributed by atoms with Crippen LogP contribution in [0.15, 0.2) is 22.4 Å². The van der Waals surface area contributed by atoms with Crippen LogP contribution in [-0.2, 0) is 5.75 Å². The molecule has 1 unspecified atom stereocenters. The molecule has 0 fully saturated rings. The van der Waals surface area contributed by atoms with E-state index in [0.29, 0.717) is 0 Å². The van der Waals surface area contributed by atoms with Gasteiger partial charge in [-0.05, 0) is 6.92 Å². The number of hydrogen-bond donors (Lipinski definition) is 1. The molecule has 0 saturated heterocycles. The van der Waals surface area contributed by atoms with E-state index in [1.54, 1.807) is 28.4 Å². The number of nitrogens with two attached hydrogens (primary N) is 1. The predicted molar refractivity (Wildman–Crippen MR) is 69.2 cm³/mol. The van der Waals surface area contributed by atoms with Crippen molar-refractivity contribution < 1.29 is 0 Å². The number of rotatable bonds is 4. The molecule has 4 nitrogen and oxygen atoms in total. The molecule has 16 heavy (non-hydrogen) atoms. The molecule has 0 spiro atoms. The molecule has 0 radical (unpaired) electrons. The molecule has 1 atom stereocenters. The van der Waals surface area contributed by atoms with E-state index in [2.05, 4.69) is 4.98 Å². The largest absolute Gasteiger partial charge is 0.327 e. The SMILES string of the molecule is CC(N)CSCc1cc(=O)n2ccsc2n1. The molecule has 0 aromatic carbocycles. The average molecular weight is 255 g/mol. The number of thiazole rings is 1. The summed E-state index contributed by atoms with van der Waals surface area (Å²) in [4.78, 5) is 16.8. The molecule has 0 aliphatic carbocycles. The third kappa shape index (κ3) is 2.63. The van der Waals surface area contributed by atoms with Crippen molar-refractivity contribution in [3.8, 4) is 0 Å². The summed E-state index contributed by atoms with van der Waals surface area (Å²) in [7, 11) is 0. The Morgan fingerprint density at radius 1 is 1.69 bits per heavy atom. The molecule has 2 rings (SSSR count). The Morgan fingerprint density at radius 2 is 2.50 bits per heavy atom. The molecule has 2 aromatic heterocycles. The molecular weight excluding hydrogens is 242 g/mol. The predicted octanol–water partition coefficient (Wildman–Crippen LogP) is 1.34. The molecule has 0 aliphatic heterocycles. The lowest BCUT2D eigenvalue weighted by molar-refractivity contribution is 0.846. The summed E-state index contributed by atoms with van der Waals surface area (Å²) in [5.41, 5.74) is 6.48. The molecule has 0 aliphatic rings. The van der Waals surface area contributed by atoms with Gasteiger partial charge in [0.15, 0.2) is 4.96 Å². The number of thioether (sulfide) groups is 1.